The van der Waals surface area contributed by atoms with E-state index in [1.165, 1.54) is 24.3 Å². The molecule has 3 aliphatic rings. The molecule has 1 aromatic carbocycles. The molecule has 2 fully saturated rings. The molecular formula is C25H30F3N3O3. The highest BCUT2D eigenvalue weighted by atomic mass is 19.4. The highest BCUT2D eigenvalue weighted by Gasteiger charge is 2.51. The number of rotatable bonds is 6. The number of halogens is 3. The number of carbonyl (C=O) groups is 2. The monoisotopic (exact) mass is 477 g/mol. The Bertz CT molecular complexity index is 989. The van der Waals surface area contributed by atoms with E-state index in [4.69, 9.17) is 5.73 Å². The van der Waals surface area contributed by atoms with E-state index in [9.17, 15) is 27.9 Å². The third-order valence-electron chi connectivity index (χ3n) is 7.39. The summed E-state index contributed by atoms with van der Waals surface area (Å²) in [6.45, 7) is 1.25. The normalized spacial score (nSPS) is 27.0. The Hall–Kier alpha value is -2.68. The second kappa shape index (κ2) is 9.17. The van der Waals surface area contributed by atoms with Crippen LogP contribution in [0.5, 0.6) is 0 Å². The predicted molar refractivity (Wildman–Crippen MR) is 121 cm³/mol. The average molecular weight is 478 g/mol. The summed E-state index contributed by atoms with van der Waals surface area (Å²) in [7, 11) is 0. The largest absolute Gasteiger partial charge is 0.421 e. The number of hydrogen-bond acceptors (Lipinski definition) is 4. The van der Waals surface area contributed by atoms with Gasteiger partial charge in [0.15, 0.2) is 5.60 Å². The van der Waals surface area contributed by atoms with Gasteiger partial charge >= 0.3 is 6.18 Å². The number of hydrogen-bond donors (Lipinski definition) is 2. The van der Waals surface area contributed by atoms with E-state index in [1.807, 2.05) is 11.0 Å². The molecule has 1 aromatic rings. The zero-order valence-corrected chi connectivity index (χ0v) is 19.1. The zero-order valence-electron chi connectivity index (χ0n) is 19.1. The number of alkyl halides is 3. The third-order valence-corrected chi connectivity index (χ3v) is 7.39. The Morgan fingerprint density at radius 3 is 2.03 bits per heavy atom. The molecule has 1 unspecified atom stereocenters. The maximum Gasteiger partial charge on any atom is 0.421 e. The summed E-state index contributed by atoms with van der Waals surface area (Å²) in [6.07, 6.45) is 4.34. The lowest BCUT2D eigenvalue weighted by Gasteiger charge is -2.39. The van der Waals surface area contributed by atoms with Gasteiger partial charge in [-0.2, -0.15) is 13.2 Å². The number of aliphatic hydroxyl groups is 1. The Morgan fingerprint density at radius 1 is 1.03 bits per heavy atom. The molecule has 0 saturated heterocycles. The van der Waals surface area contributed by atoms with Gasteiger partial charge in [0.1, 0.15) is 5.71 Å². The average Bonchev–Trinajstić information content (AvgIpc) is 3.64. The Labute approximate surface area is 196 Å². The van der Waals surface area contributed by atoms with E-state index < -0.39 is 17.7 Å². The van der Waals surface area contributed by atoms with Crippen LogP contribution in [-0.4, -0.2) is 52.3 Å². The van der Waals surface area contributed by atoms with E-state index in [-0.39, 0.29) is 29.5 Å². The molecule has 2 saturated carbocycles. The topological polar surface area (TPSA) is 96.0 Å². The predicted octanol–water partition coefficient (Wildman–Crippen LogP) is 3.73. The van der Waals surface area contributed by atoms with Gasteiger partial charge in [0.05, 0.1) is 0 Å². The van der Waals surface area contributed by atoms with E-state index in [1.54, 1.807) is 6.08 Å². The van der Waals surface area contributed by atoms with Crippen LogP contribution in [0.1, 0.15) is 61.4 Å². The van der Waals surface area contributed by atoms with Crippen LogP contribution < -0.4 is 5.73 Å². The first-order valence-corrected chi connectivity index (χ1v) is 11.7. The summed E-state index contributed by atoms with van der Waals surface area (Å²) in [6, 6.07) is 5.37. The Kier molecular flexibility index (Phi) is 6.59. The fraction of sp³-hybridized carbons (Fsp3) is 0.560. The highest BCUT2D eigenvalue weighted by molar-refractivity contribution is 6.43. The number of nitrogens with zero attached hydrogens (tertiary/aromatic N) is 2. The van der Waals surface area contributed by atoms with Crippen LogP contribution in [-0.2, 0) is 10.4 Å². The maximum atomic E-state index is 13.3. The molecule has 0 bridgehead atoms. The van der Waals surface area contributed by atoms with Gasteiger partial charge in [0.25, 0.3) is 11.8 Å². The van der Waals surface area contributed by atoms with Crippen LogP contribution >= 0.6 is 0 Å². The first-order valence-electron chi connectivity index (χ1n) is 11.7. The number of primary amides is 1. The molecule has 34 heavy (non-hydrogen) atoms. The van der Waals surface area contributed by atoms with Gasteiger partial charge < -0.3 is 15.7 Å². The molecule has 2 aliphatic carbocycles. The van der Waals surface area contributed by atoms with Crippen molar-refractivity contribution < 1.29 is 27.9 Å². The summed E-state index contributed by atoms with van der Waals surface area (Å²) in [5.41, 5.74) is 2.65. The van der Waals surface area contributed by atoms with Crippen molar-refractivity contribution in [2.75, 3.05) is 6.54 Å². The fourth-order valence-corrected chi connectivity index (χ4v) is 5.04. The van der Waals surface area contributed by atoms with E-state index >= 15 is 0 Å². The Morgan fingerprint density at radius 2 is 1.59 bits per heavy atom. The molecule has 0 spiro atoms. The third kappa shape index (κ3) is 4.89. The van der Waals surface area contributed by atoms with Gasteiger partial charge in [-0.15, -0.1) is 0 Å². The molecule has 4 rings (SSSR count). The van der Waals surface area contributed by atoms with Crippen LogP contribution in [0.25, 0.3) is 0 Å². The molecule has 184 valence electrons. The van der Waals surface area contributed by atoms with Crippen molar-refractivity contribution in [3.63, 3.8) is 0 Å². The lowest BCUT2D eigenvalue weighted by atomic mass is 9.77. The number of amides is 2. The van der Waals surface area contributed by atoms with Crippen LogP contribution in [0.3, 0.4) is 0 Å². The SMILES string of the molecule is C[C@](O)(c1ccc(C(=O)N(C2CC2)[C@H]2CC[C@H](C3C=CC(C(N)=O)=NC3)CC2)cc1)C(F)(F)F. The summed E-state index contributed by atoms with van der Waals surface area (Å²) in [5.74, 6) is -0.0155. The van der Waals surface area contributed by atoms with Crippen molar-refractivity contribution in [1.82, 2.24) is 4.90 Å². The summed E-state index contributed by atoms with van der Waals surface area (Å²) in [4.78, 5) is 30.8. The minimum atomic E-state index is -4.81. The zero-order chi connectivity index (χ0) is 24.7. The highest BCUT2D eigenvalue weighted by Crippen LogP contribution is 2.40. The second-order valence-electron chi connectivity index (χ2n) is 9.77. The minimum Gasteiger partial charge on any atom is -0.376 e. The van der Waals surface area contributed by atoms with E-state index in [0.717, 1.165) is 38.5 Å². The molecule has 0 aromatic heterocycles. The number of carbonyl (C=O) groups excluding carboxylic acids is 2. The lowest BCUT2D eigenvalue weighted by molar-refractivity contribution is -0.258. The van der Waals surface area contributed by atoms with Crippen molar-refractivity contribution in [3.8, 4) is 0 Å². The van der Waals surface area contributed by atoms with Crippen LogP contribution in [0, 0.1) is 11.8 Å². The molecule has 6 nitrogen and oxygen atoms in total. The van der Waals surface area contributed by atoms with Gasteiger partial charge in [-0.3, -0.25) is 14.6 Å². The van der Waals surface area contributed by atoms with Crippen molar-refractivity contribution >= 4 is 17.5 Å². The standard InChI is InChI=1S/C25H30F3N3O3/c1-24(34,25(26,27)28)18-7-2-16(3-8-18)23(33)31(20-11-12-20)19-9-4-15(5-10-19)17-6-13-21(22(29)32)30-14-17/h2-3,6-8,13,15,17,19-20,34H,4-5,9-12,14H2,1H3,(H2,29,32)/t15-,17?,19-,24-/m0/s1. The van der Waals surface area contributed by atoms with Gasteiger partial charge in [-0.25, -0.2) is 0 Å². The summed E-state index contributed by atoms with van der Waals surface area (Å²) < 4.78 is 39.4. The molecule has 3 N–H and O–H groups in total. The van der Waals surface area contributed by atoms with Crippen LogP contribution in [0.2, 0.25) is 0 Å². The van der Waals surface area contributed by atoms with Crippen LogP contribution in [0.15, 0.2) is 41.4 Å². The first kappa shape index (κ1) is 24.4. The molecule has 2 amide bonds. The minimum absolute atomic E-state index is 0.0893. The lowest BCUT2D eigenvalue weighted by Crippen LogP contribution is -2.44. The maximum absolute atomic E-state index is 13.3. The molecule has 9 heteroatoms. The van der Waals surface area contributed by atoms with Gasteiger partial charge in [-0.05, 0) is 81.1 Å². The fourth-order valence-electron chi connectivity index (χ4n) is 5.04. The number of aliphatic imine (C=N–C) groups is 1. The van der Waals surface area contributed by atoms with Crippen molar-refractivity contribution in [2.45, 2.75) is 69.3 Å². The second-order valence-corrected chi connectivity index (χ2v) is 9.77. The number of dihydropyridines is 1. The number of nitrogens with two attached hydrogens (primary N) is 1. The Balaban J connectivity index is 1.40. The summed E-state index contributed by atoms with van der Waals surface area (Å²) in [5, 5.41) is 9.88. The van der Waals surface area contributed by atoms with Gasteiger partial charge in [-0.1, -0.05) is 18.2 Å². The first-order chi connectivity index (χ1) is 16.0. The quantitative estimate of drug-likeness (QED) is 0.654. The van der Waals surface area contributed by atoms with Crippen LogP contribution in [0.4, 0.5) is 13.2 Å². The number of benzene rings is 1. The molecule has 0 radical (unpaired) electrons. The molecular weight excluding hydrogens is 447 g/mol. The molecule has 2 atom stereocenters. The van der Waals surface area contributed by atoms with Gasteiger partial charge in [0, 0.05) is 24.2 Å². The van der Waals surface area contributed by atoms with E-state index in [2.05, 4.69) is 4.99 Å². The van der Waals surface area contributed by atoms with Gasteiger partial charge in [0.2, 0.25) is 0 Å². The van der Waals surface area contributed by atoms with Crippen molar-refractivity contribution in [2.24, 2.45) is 22.6 Å². The smallest absolute Gasteiger partial charge is 0.376 e. The molecule has 1 aliphatic heterocycles. The van der Waals surface area contributed by atoms with E-state index in [0.29, 0.717) is 30.7 Å². The summed E-state index contributed by atoms with van der Waals surface area (Å²) >= 11 is 0. The van der Waals surface area contributed by atoms with Crippen molar-refractivity contribution in [3.05, 3.63) is 47.5 Å². The van der Waals surface area contributed by atoms with Crippen molar-refractivity contribution in [1.29, 1.82) is 0 Å². The molecule has 1 heterocycles.